The minimum atomic E-state index is -0.506. The second-order valence-electron chi connectivity index (χ2n) is 3.81. The highest BCUT2D eigenvalue weighted by molar-refractivity contribution is 8.03. The first-order chi connectivity index (χ1) is 9.20. The molecule has 0 aromatic heterocycles. The van der Waals surface area contributed by atoms with Gasteiger partial charge in [0.05, 0.1) is 5.75 Å². The van der Waals surface area contributed by atoms with Gasteiger partial charge in [-0.05, 0) is 11.5 Å². The molecule has 0 aliphatic heterocycles. The van der Waals surface area contributed by atoms with E-state index in [1.54, 1.807) is 6.07 Å². The third kappa shape index (κ3) is 3.48. The zero-order valence-corrected chi connectivity index (χ0v) is 10.8. The Kier molecular flexibility index (Phi) is 4.41. The molecule has 0 spiro atoms. The number of aliphatic hydroxyl groups excluding tert-OH is 1. The van der Waals surface area contributed by atoms with Gasteiger partial charge in [0.2, 0.25) is 5.91 Å². The van der Waals surface area contributed by atoms with E-state index in [1.807, 2.05) is 36.4 Å². The number of thioether (sulfide) groups is 1. The normalized spacial score (nSPS) is 11.5. The van der Waals surface area contributed by atoms with Crippen LogP contribution in [0.4, 0.5) is 10.1 Å². The Hall–Kier alpha value is -2.01. The lowest BCUT2D eigenvalue weighted by atomic mass is 10.1. The molecule has 5 heteroatoms. The fraction of sp³-hybridized carbons (Fsp3) is 0.0714. The predicted octanol–water partition coefficient (Wildman–Crippen LogP) is 3.84. The van der Waals surface area contributed by atoms with Gasteiger partial charge in [0.25, 0.3) is 0 Å². The summed E-state index contributed by atoms with van der Waals surface area (Å²) in [5, 5.41) is 13.1. The van der Waals surface area contributed by atoms with Gasteiger partial charge in [-0.1, -0.05) is 48.2 Å². The molecule has 3 nitrogen and oxygen atoms in total. The molecule has 0 radical (unpaired) electrons. The van der Waals surface area contributed by atoms with Gasteiger partial charge < -0.3 is 10.4 Å². The molecule has 0 atom stereocenters. The summed E-state index contributed by atoms with van der Waals surface area (Å²) in [5.74, 6) is -0.343. The first-order valence-electron chi connectivity index (χ1n) is 5.60. The fourth-order valence-electron chi connectivity index (χ4n) is 1.69. The van der Waals surface area contributed by atoms with Crippen LogP contribution < -0.4 is 5.32 Å². The quantitative estimate of drug-likeness (QED) is 0.835. The van der Waals surface area contributed by atoms with Gasteiger partial charge in [-0.25, -0.2) is 4.39 Å². The number of nitrogens with one attached hydrogen (secondary N) is 1. The van der Waals surface area contributed by atoms with Gasteiger partial charge in [-0.2, -0.15) is 0 Å². The number of hydrogen-bond donors (Lipinski definition) is 2. The van der Waals surface area contributed by atoms with Gasteiger partial charge in [0, 0.05) is 11.1 Å². The Bertz CT molecular complexity index is 622. The van der Waals surface area contributed by atoms with E-state index in [9.17, 15) is 9.18 Å². The van der Waals surface area contributed by atoms with Crippen LogP contribution in [0.15, 0.2) is 53.9 Å². The van der Waals surface area contributed by atoms with Gasteiger partial charge in [0.1, 0.15) is 6.33 Å². The van der Waals surface area contributed by atoms with E-state index in [0.717, 1.165) is 22.5 Å². The monoisotopic (exact) mass is 277 g/mol. The second kappa shape index (κ2) is 6.24. The zero-order chi connectivity index (χ0) is 13.7. The number of carbonyl (C=O) groups excluding carboxylic acids is 1. The van der Waals surface area contributed by atoms with E-state index in [4.69, 9.17) is 5.11 Å². The highest BCUT2D eigenvalue weighted by Crippen LogP contribution is 2.23. The van der Waals surface area contributed by atoms with E-state index < -0.39 is 5.09 Å². The Morgan fingerprint density at radius 2 is 2.00 bits per heavy atom. The highest BCUT2D eigenvalue weighted by atomic mass is 32.2. The van der Waals surface area contributed by atoms with Crippen molar-refractivity contribution in [2.24, 2.45) is 0 Å². The number of fused-ring (bicyclic) bond motifs is 1. The van der Waals surface area contributed by atoms with Crippen molar-refractivity contribution in [3.05, 3.63) is 53.9 Å². The molecule has 0 aliphatic rings. The van der Waals surface area contributed by atoms with Gasteiger partial charge in [-0.15, -0.1) is 0 Å². The molecule has 0 saturated carbocycles. The molecule has 0 heterocycles. The van der Waals surface area contributed by atoms with Crippen LogP contribution in [0.1, 0.15) is 0 Å². The molecular weight excluding hydrogens is 265 g/mol. The van der Waals surface area contributed by atoms with E-state index in [1.165, 1.54) is 0 Å². The topological polar surface area (TPSA) is 49.3 Å². The van der Waals surface area contributed by atoms with Gasteiger partial charge in [0.15, 0.2) is 5.09 Å². The van der Waals surface area contributed by atoms with Crippen molar-refractivity contribution in [3.63, 3.8) is 0 Å². The average molecular weight is 277 g/mol. The summed E-state index contributed by atoms with van der Waals surface area (Å²) in [5.41, 5.74) is 0.701. The minimum absolute atomic E-state index is 0.0462. The van der Waals surface area contributed by atoms with Crippen molar-refractivity contribution < 1.29 is 14.3 Å². The molecule has 2 N–H and O–H groups in total. The molecule has 2 aromatic rings. The van der Waals surface area contributed by atoms with Gasteiger partial charge >= 0.3 is 0 Å². The van der Waals surface area contributed by atoms with Crippen LogP contribution in [0.5, 0.6) is 0 Å². The van der Waals surface area contributed by atoms with Crippen molar-refractivity contribution in [1.82, 2.24) is 0 Å². The molecule has 0 unspecified atom stereocenters. The van der Waals surface area contributed by atoms with Crippen LogP contribution in [0.3, 0.4) is 0 Å². The minimum Gasteiger partial charge on any atom is -0.500 e. The molecule has 2 rings (SSSR count). The molecule has 98 valence electrons. The second-order valence-corrected chi connectivity index (χ2v) is 4.81. The number of rotatable bonds is 4. The molecule has 2 aromatic carbocycles. The number of halogens is 1. The number of amides is 1. The largest absolute Gasteiger partial charge is 0.500 e. The number of aliphatic hydroxyl groups is 1. The molecule has 0 saturated heterocycles. The summed E-state index contributed by atoms with van der Waals surface area (Å²) < 4.78 is 11.9. The van der Waals surface area contributed by atoms with Crippen LogP contribution in [0.25, 0.3) is 10.8 Å². The van der Waals surface area contributed by atoms with E-state index in [0.29, 0.717) is 5.69 Å². The third-order valence-corrected chi connectivity index (χ3v) is 3.30. The van der Waals surface area contributed by atoms with Crippen LogP contribution in [-0.2, 0) is 4.79 Å². The molecule has 0 bridgehead atoms. The molecular formula is C14H12FNO2S. The van der Waals surface area contributed by atoms with E-state index in [2.05, 4.69) is 5.32 Å². The number of benzene rings is 2. The van der Waals surface area contributed by atoms with Crippen LogP contribution in [-0.4, -0.2) is 16.8 Å². The Morgan fingerprint density at radius 3 is 2.79 bits per heavy atom. The molecule has 19 heavy (non-hydrogen) atoms. The maximum Gasteiger partial charge on any atom is 0.234 e. The first-order valence-corrected chi connectivity index (χ1v) is 6.59. The summed E-state index contributed by atoms with van der Waals surface area (Å²) in [7, 11) is 0. The average Bonchev–Trinajstić information content (AvgIpc) is 2.45. The fourth-order valence-corrected chi connectivity index (χ4v) is 2.11. The summed E-state index contributed by atoms with van der Waals surface area (Å²) in [6.45, 7) is 0. The Balaban J connectivity index is 2.11. The standard InChI is InChI=1S/C14H12FNO2S/c15-8-14(18)19-9-13(17)16-12-7-3-5-10-4-1-2-6-11(10)12/h1-8,18H,9H2,(H,16,17)/b14-8+. The lowest BCUT2D eigenvalue weighted by Gasteiger charge is -2.08. The molecule has 1 amide bonds. The first kappa shape index (κ1) is 13.4. The highest BCUT2D eigenvalue weighted by Gasteiger charge is 2.07. The molecule has 0 aliphatic carbocycles. The summed E-state index contributed by atoms with van der Waals surface area (Å²) >= 11 is 0.739. The maximum absolute atomic E-state index is 11.9. The number of hydrogen-bond acceptors (Lipinski definition) is 3. The predicted molar refractivity (Wildman–Crippen MR) is 76.9 cm³/mol. The van der Waals surface area contributed by atoms with Crippen LogP contribution >= 0.6 is 11.8 Å². The SMILES string of the molecule is O=C(CS/C(O)=C/F)Nc1cccc2ccccc12. The van der Waals surface area contributed by atoms with Crippen LogP contribution in [0, 0.1) is 0 Å². The summed E-state index contributed by atoms with van der Waals surface area (Å²) in [6, 6.07) is 13.3. The smallest absolute Gasteiger partial charge is 0.234 e. The van der Waals surface area contributed by atoms with E-state index in [-0.39, 0.29) is 18.0 Å². The summed E-state index contributed by atoms with van der Waals surface area (Å²) in [4.78, 5) is 11.7. The van der Waals surface area contributed by atoms with Gasteiger partial charge in [-0.3, -0.25) is 4.79 Å². The molecule has 0 fully saturated rings. The van der Waals surface area contributed by atoms with Crippen molar-refractivity contribution in [2.75, 3.05) is 11.1 Å². The number of carbonyl (C=O) groups is 1. The number of anilines is 1. The third-order valence-electron chi connectivity index (χ3n) is 2.51. The maximum atomic E-state index is 11.9. The van der Waals surface area contributed by atoms with Crippen molar-refractivity contribution >= 4 is 34.1 Å². The van der Waals surface area contributed by atoms with E-state index >= 15 is 0 Å². The Labute approximate surface area is 114 Å². The zero-order valence-electron chi connectivity index (χ0n) is 9.97. The van der Waals surface area contributed by atoms with Crippen LogP contribution in [0.2, 0.25) is 0 Å². The lowest BCUT2D eigenvalue weighted by Crippen LogP contribution is -2.14. The lowest BCUT2D eigenvalue weighted by molar-refractivity contribution is -0.113. The summed E-state index contributed by atoms with van der Waals surface area (Å²) in [6.07, 6.45) is 0.0653. The van der Waals surface area contributed by atoms with Crippen molar-refractivity contribution in [3.8, 4) is 0 Å². The van der Waals surface area contributed by atoms with Crippen molar-refractivity contribution in [1.29, 1.82) is 0 Å². The Morgan fingerprint density at radius 1 is 1.26 bits per heavy atom. The van der Waals surface area contributed by atoms with Crippen molar-refractivity contribution in [2.45, 2.75) is 0 Å².